The van der Waals surface area contributed by atoms with Gasteiger partial charge in [0.05, 0.1) is 5.02 Å². The average molecular weight is 372 g/mol. The number of carboxylic acids is 1. The molecule has 0 aliphatic rings. The van der Waals surface area contributed by atoms with E-state index in [9.17, 15) is 9.18 Å². The first-order chi connectivity index (χ1) is 9.95. The highest BCUT2D eigenvalue weighted by Crippen LogP contribution is 2.34. The molecular weight excluding hydrogens is 363 g/mol. The van der Waals surface area contributed by atoms with Crippen molar-refractivity contribution >= 4 is 39.6 Å². The number of hydrogen-bond donors (Lipinski definition) is 1. The van der Waals surface area contributed by atoms with Gasteiger partial charge < -0.3 is 9.84 Å². The predicted octanol–water partition coefficient (Wildman–Crippen LogP) is 5.13. The molecule has 3 nitrogen and oxygen atoms in total. The number of ether oxygens (including phenoxy) is 1. The zero-order chi connectivity index (χ0) is 15.4. The van der Waals surface area contributed by atoms with E-state index in [1.165, 1.54) is 24.3 Å². The standard InChI is InChI=1S/C15H9BrClFO3/c16-10-2-4-12(17)14(8-10)21-13-5-3-11(18)7-9(13)1-6-15(19)20/h1-8H,(H,19,20). The minimum Gasteiger partial charge on any atom is -0.478 e. The molecule has 0 radical (unpaired) electrons. The minimum absolute atomic E-state index is 0.299. The number of halogens is 3. The van der Waals surface area contributed by atoms with Crippen LogP contribution < -0.4 is 4.74 Å². The van der Waals surface area contributed by atoms with Crippen LogP contribution in [0.3, 0.4) is 0 Å². The molecule has 0 atom stereocenters. The van der Waals surface area contributed by atoms with E-state index in [4.69, 9.17) is 21.4 Å². The summed E-state index contributed by atoms with van der Waals surface area (Å²) in [6, 6.07) is 8.88. The van der Waals surface area contributed by atoms with Crippen LogP contribution in [0.4, 0.5) is 4.39 Å². The lowest BCUT2D eigenvalue weighted by Gasteiger charge is -2.10. The minimum atomic E-state index is -1.13. The number of carbonyl (C=O) groups is 1. The van der Waals surface area contributed by atoms with Gasteiger partial charge in [0.1, 0.15) is 17.3 Å². The summed E-state index contributed by atoms with van der Waals surface area (Å²) < 4.78 is 19.7. The highest BCUT2D eigenvalue weighted by atomic mass is 79.9. The fraction of sp³-hybridized carbons (Fsp3) is 0. The molecule has 2 aromatic rings. The van der Waals surface area contributed by atoms with Gasteiger partial charge in [-0.15, -0.1) is 0 Å². The molecule has 0 amide bonds. The van der Waals surface area contributed by atoms with Crippen molar-refractivity contribution in [1.29, 1.82) is 0 Å². The number of hydrogen-bond acceptors (Lipinski definition) is 2. The van der Waals surface area contributed by atoms with E-state index in [-0.39, 0.29) is 0 Å². The van der Waals surface area contributed by atoms with Gasteiger partial charge >= 0.3 is 5.97 Å². The van der Waals surface area contributed by atoms with Crippen molar-refractivity contribution in [2.24, 2.45) is 0 Å². The van der Waals surface area contributed by atoms with Crippen molar-refractivity contribution in [2.45, 2.75) is 0 Å². The lowest BCUT2D eigenvalue weighted by atomic mass is 10.2. The summed E-state index contributed by atoms with van der Waals surface area (Å²) in [6.45, 7) is 0. The van der Waals surface area contributed by atoms with Crippen LogP contribution in [0.15, 0.2) is 46.9 Å². The Morgan fingerprint density at radius 3 is 2.71 bits per heavy atom. The van der Waals surface area contributed by atoms with E-state index in [1.807, 2.05) is 0 Å². The first kappa shape index (κ1) is 15.5. The lowest BCUT2D eigenvalue weighted by molar-refractivity contribution is -0.131. The molecule has 0 aromatic heterocycles. The Balaban J connectivity index is 2.39. The summed E-state index contributed by atoms with van der Waals surface area (Å²) >= 11 is 9.32. The SMILES string of the molecule is O=C(O)C=Cc1cc(F)ccc1Oc1cc(Br)ccc1Cl. The van der Waals surface area contributed by atoms with E-state index in [1.54, 1.807) is 18.2 Å². The molecule has 21 heavy (non-hydrogen) atoms. The van der Waals surface area contributed by atoms with Gasteiger partial charge in [-0.25, -0.2) is 9.18 Å². The number of benzene rings is 2. The van der Waals surface area contributed by atoms with Crippen LogP contribution >= 0.6 is 27.5 Å². The quantitative estimate of drug-likeness (QED) is 0.758. The third-order valence-corrected chi connectivity index (χ3v) is 3.30. The summed E-state index contributed by atoms with van der Waals surface area (Å²) in [4.78, 5) is 10.6. The van der Waals surface area contributed by atoms with Crippen LogP contribution in [0.2, 0.25) is 5.02 Å². The second-order valence-electron chi connectivity index (χ2n) is 4.03. The van der Waals surface area contributed by atoms with Crippen LogP contribution in [0.5, 0.6) is 11.5 Å². The zero-order valence-corrected chi connectivity index (χ0v) is 12.9. The Hall–Kier alpha value is -1.85. The average Bonchev–Trinajstić information content (AvgIpc) is 2.43. The van der Waals surface area contributed by atoms with Gasteiger partial charge in [-0.05, 0) is 42.5 Å². The Kier molecular flexibility index (Phi) is 4.98. The molecule has 0 saturated carbocycles. The van der Waals surface area contributed by atoms with Gasteiger partial charge in [-0.3, -0.25) is 0 Å². The second kappa shape index (κ2) is 6.74. The molecule has 6 heteroatoms. The van der Waals surface area contributed by atoms with Gasteiger partial charge in [0.2, 0.25) is 0 Å². The fourth-order valence-electron chi connectivity index (χ4n) is 1.58. The Morgan fingerprint density at radius 2 is 2.00 bits per heavy atom. The summed E-state index contributed by atoms with van der Waals surface area (Å²) in [5.41, 5.74) is 0.299. The molecule has 0 aliphatic heterocycles. The molecule has 1 N–H and O–H groups in total. The molecule has 108 valence electrons. The Morgan fingerprint density at radius 1 is 1.24 bits per heavy atom. The third-order valence-electron chi connectivity index (χ3n) is 2.49. The van der Waals surface area contributed by atoms with E-state index in [0.29, 0.717) is 22.1 Å². The van der Waals surface area contributed by atoms with Gasteiger partial charge in [-0.1, -0.05) is 27.5 Å². The second-order valence-corrected chi connectivity index (χ2v) is 5.35. The first-order valence-electron chi connectivity index (χ1n) is 5.79. The molecule has 0 heterocycles. The maximum absolute atomic E-state index is 13.3. The summed E-state index contributed by atoms with van der Waals surface area (Å²) in [5.74, 6) is -0.949. The van der Waals surface area contributed by atoms with Crippen LogP contribution in [-0.2, 0) is 4.79 Å². The van der Waals surface area contributed by atoms with Crippen molar-refractivity contribution in [3.05, 3.63) is 63.4 Å². The topological polar surface area (TPSA) is 46.5 Å². The summed E-state index contributed by atoms with van der Waals surface area (Å²) in [5, 5.41) is 9.04. The number of rotatable bonds is 4. The lowest BCUT2D eigenvalue weighted by Crippen LogP contribution is -1.91. The Bertz CT molecular complexity index is 716. The summed E-state index contributed by atoms with van der Waals surface area (Å²) in [6.07, 6.45) is 2.16. The number of aliphatic carboxylic acids is 1. The molecular formula is C15H9BrClFO3. The largest absolute Gasteiger partial charge is 0.478 e. The third kappa shape index (κ3) is 4.31. The van der Waals surface area contributed by atoms with Gasteiger partial charge in [0.25, 0.3) is 0 Å². The van der Waals surface area contributed by atoms with Crippen LogP contribution in [-0.4, -0.2) is 11.1 Å². The van der Waals surface area contributed by atoms with E-state index in [2.05, 4.69) is 15.9 Å². The van der Waals surface area contributed by atoms with Crippen LogP contribution in [0.25, 0.3) is 6.08 Å². The highest BCUT2D eigenvalue weighted by Gasteiger charge is 2.08. The van der Waals surface area contributed by atoms with Gasteiger partial charge in [-0.2, -0.15) is 0 Å². The molecule has 0 aliphatic carbocycles. The van der Waals surface area contributed by atoms with E-state index < -0.39 is 11.8 Å². The molecule has 0 unspecified atom stereocenters. The van der Waals surface area contributed by atoms with Crippen molar-refractivity contribution < 1.29 is 19.0 Å². The smallest absolute Gasteiger partial charge is 0.328 e. The van der Waals surface area contributed by atoms with E-state index in [0.717, 1.165) is 10.5 Å². The van der Waals surface area contributed by atoms with Crippen molar-refractivity contribution in [3.63, 3.8) is 0 Å². The van der Waals surface area contributed by atoms with Gasteiger partial charge in [0, 0.05) is 16.1 Å². The molecule has 0 spiro atoms. The molecule has 0 fully saturated rings. The van der Waals surface area contributed by atoms with Crippen molar-refractivity contribution in [2.75, 3.05) is 0 Å². The van der Waals surface area contributed by atoms with Crippen molar-refractivity contribution in [1.82, 2.24) is 0 Å². The van der Waals surface area contributed by atoms with Crippen molar-refractivity contribution in [3.8, 4) is 11.5 Å². The van der Waals surface area contributed by atoms with E-state index >= 15 is 0 Å². The number of carboxylic acid groups (broad SMARTS) is 1. The maximum atomic E-state index is 13.3. The Labute approximate surface area is 133 Å². The monoisotopic (exact) mass is 370 g/mol. The zero-order valence-electron chi connectivity index (χ0n) is 10.5. The maximum Gasteiger partial charge on any atom is 0.328 e. The van der Waals surface area contributed by atoms with Crippen LogP contribution in [0.1, 0.15) is 5.56 Å². The molecule has 2 rings (SSSR count). The predicted molar refractivity (Wildman–Crippen MR) is 82.3 cm³/mol. The highest BCUT2D eigenvalue weighted by molar-refractivity contribution is 9.10. The summed E-state index contributed by atoms with van der Waals surface area (Å²) in [7, 11) is 0. The fourth-order valence-corrected chi connectivity index (χ4v) is 2.07. The van der Waals surface area contributed by atoms with Crippen LogP contribution in [0, 0.1) is 5.82 Å². The van der Waals surface area contributed by atoms with Gasteiger partial charge in [0.15, 0.2) is 0 Å². The molecule has 0 saturated heterocycles. The first-order valence-corrected chi connectivity index (χ1v) is 6.96. The molecule has 0 bridgehead atoms. The normalized spacial score (nSPS) is 10.8. The molecule has 2 aromatic carbocycles.